The Bertz CT molecular complexity index is 233. The maximum atomic E-state index is 11.3. The maximum absolute atomic E-state index is 11.3. The van der Waals surface area contributed by atoms with E-state index in [0.717, 1.165) is 25.8 Å². The van der Waals surface area contributed by atoms with Gasteiger partial charge in [-0.2, -0.15) is 0 Å². The molecule has 3 heteroatoms. The number of nitrogens with zero attached hydrogens (tertiary/aromatic N) is 1. The van der Waals surface area contributed by atoms with E-state index in [2.05, 4.69) is 11.0 Å². The third kappa shape index (κ3) is 3.14. The van der Waals surface area contributed by atoms with Crippen LogP contribution in [-0.2, 0) is 9.53 Å². The summed E-state index contributed by atoms with van der Waals surface area (Å²) in [5, 5.41) is 0. The standard InChI is InChI=1S/C11H19NO2/c1-12(2)8-9-5-4-6-10(7-9)11(13)14-3/h5,10H,4,6-8H2,1-3H3/t10-/m0/s1. The number of hydrogen-bond acceptors (Lipinski definition) is 3. The molecular formula is C11H19NO2. The number of carbonyl (C=O) groups excluding carboxylic acids is 1. The number of hydrogen-bond donors (Lipinski definition) is 0. The molecule has 0 aromatic carbocycles. The smallest absolute Gasteiger partial charge is 0.308 e. The van der Waals surface area contributed by atoms with Crippen molar-refractivity contribution in [1.29, 1.82) is 0 Å². The lowest BCUT2D eigenvalue weighted by atomic mass is 9.89. The topological polar surface area (TPSA) is 29.5 Å². The fraction of sp³-hybridized carbons (Fsp3) is 0.727. The van der Waals surface area contributed by atoms with Gasteiger partial charge < -0.3 is 9.64 Å². The fourth-order valence-corrected chi connectivity index (χ4v) is 1.89. The van der Waals surface area contributed by atoms with Crippen LogP contribution in [0.3, 0.4) is 0 Å². The van der Waals surface area contributed by atoms with Crippen LogP contribution in [0.4, 0.5) is 0 Å². The van der Waals surface area contributed by atoms with Gasteiger partial charge in [-0.15, -0.1) is 0 Å². The quantitative estimate of drug-likeness (QED) is 0.506. The summed E-state index contributed by atoms with van der Waals surface area (Å²) < 4.78 is 4.76. The number of esters is 1. The predicted molar refractivity (Wildman–Crippen MR) is 56.0 cm³/mol. The second-order valence-electron chi connectivity index (χ2n) is 4.10. The lowest BCUT2D eigenvalue weighted by Gasteiger charge is -2.22. The van der Waals surface area contributed by atoms with Gasteiger partial charge in [0.15, 0.2) is 0 Å². The molecule has 0 saturated carbocycles. The van der Waals surface area contributed by atoms with Gasteiger partial charge in [-0.3, -0.25) is 4.79 Å². The van der Waals surface area contributed by atoms with Crippen molar-refractivity contribution in [3.63, 3.8) is 0 Å². The molecule has 0 fully saturated rings. The number of ether oxygens (including phenoxy) is 1. The molecule has 0 bridgehead atoms. The van der Waals surface area contributed by atoms with Crippen molar-refractivity contribution in [3.05, 3.63) is 11.6 Å². The van der Waals surface area contributed by atoms with Gasteiger partial charge in [0, 0.05) is 6.54 Å². The average molecular weight is 197 g/mol. The zero-order valence-corrected chi connectivity index (χ0v) is 9.25. The highest BCUT2D eigenvalue weighted by atomic mass is 16.5. The number of allylic oxidation sites excluding steroid dienone is 1. The second kappa shape index (κ2) is 5.15. The Labute approximate surface area is 85.7 Å². The third-order valence-electron chi connectivity index (χ3n) is 2.51. The molecule has 14 heavy (non-hydrogen) atoms. The number of methoxy groups -OCH3 is 1. The summed E-state index contributed by atoms with van der Waals surface area (Å²) >= 11 is 0. The molecule has 0 spiro atoms. The molecule has 0 amide bonds. The molecule has 0 radical (unpaired) electrons. The van der Waals surface area contributed by atoms with Gasteiger partial charge in [-0.25, -0.2) is 0 Å². The molecule has 0 aromatic heterocycles. The summed E-state index contributed by atoms with van der Waals surface area (Å²) in [4.78, 5) is 13.5. The molecule has 0 heterocycles. The Morgan fingerprint density at radius 1 is 1.64 bits per heavy atom. The number of likely N-dealkylation sites (N-methyl/N-ethyl adjacent to an activating group) is 1. The minimum absolute atomic E-state index is 0.0608. The van der Waals surface area contributed by atoms with Gasteiger partial charge in [-0.05, 0) is 33.4 Å². The summed E-state index contributed by atoms with van der Waals surface area (Å²) in [6.45, 7) is 0.952. The Morgan fingerprint density at radius 2 is 2.36 bits per heavy atom. The molecule has 0 saturated heterocycles. The van der Waals surface area contributed by atoms with Crippen LogP contribution in [0.5, 0.6) is 0 Å². The minimum Gasteiger partial charge on any atom is -0.469 e. The van der Waals surface area contributed by atoms with Crippen LogP contribution >= 0.6 is 0 Å². The zero-order chi connectivity index (χ0) is 10.6. The molecular weight excluding hydrogens is 178 g/mol. The summed E-state index contributed by atoms with van der Waals surface area (Å²) in [5.74, 6) is 0.0225. The van der Waals surface area contributed by atoms with E-state index in [1.807, 2.05) is 14.1 Å². The van der Waals surface area contributed by atoms with Crippen molar-refractivity contribution in [2.75, 3.05) is 27.7 Å². The van der Waals surface area contributed by atoms with Crippen molar-refractivity contribution < 1.29 is 9.53 Å². The molecule has 0 N–H and O–H groups in total. The highest BCUT2D eigenvalue weighted by Crippen LogP contribution is 2.25. The van der Waals surface area contributed by atoms with Crippen LogP contribution in [0.15, 0.2) is 11.6 Å². The van der Waals surface area contributed by atoms with Crippen LogP contribution in [0.1, 0.15) is 19.3 Å². The van der Waals surface area contributed by atoms with Gasteiger partial charge in [0.1, 0.15) is 0 Å². The molecule has 1 aliphatic rings. The van der Waals surface area contributed by atoms with Gasteiger partial charge in [-0.1, -0.05) is 11.6 Å². The Balaban J connectivity index is 2.49. The molecule has 0 aromatic rings. The highest BCUT2D eigenvalue weighted by molar-refractivity contribution is 5.72. The first-order valence-electron chi connectivity index (χ1n) is 5.04. The van der Waals surface area contributed by atoms with Crippen LogP contribution in [-0.4, -0.2) is 38.6 Å². The number of rotatable bonds is 3. The van der Waals surface area contributed by atoms with E-state index < -0.39 is 0 Å². The third-order valence-corrected chi connectivity index (χ3v) is 2.51. The van der Waals surface area contributed by atoms with Crippen molar-refractivity contribution in [1.82, 2.24) is 4.90 Å². The summed E-state index contributed by atoms with van der Waals surface area (Å²) in [5.41, 5.74) is 1.36. The first-order chi connectivity index (χ1) is 6.63. The van der Waals surface area contributed by atoms with Crippen LogP contribution < -0.4 is 0 Å². The molecule has 80 valence electrons. The molecule has 0 aliphatic heterocycles. The lowest BCUT2D eigenvalue weighted by Crippen LogP contribution is -2.23. The highest BCUT2D eigenvalue weighted by Gasteiger charge is 2.23. The summed E-state index contributed by atoms with van der Waals surface area (Å²) in [7, 11) is 5.55. The summed E-state index contributed by atoms with van der Waals surface area (Å²) in [6, 6.07) is 0. The largest absolute Gasteiger partial charge is 0.469 e. The van der Waals surface area contributed by atoms with Crippen molar-refractivity contribution >= 4 is 5.97 Å². The minimum atomic E-state index is -0.0608. The van der Waals surface area contributed by atoms with E-state index in [4.69, 9.17) is 4.74 Å². The molecule has 1 aliphatic carbocycles. The van der Waals surface area contributed by atoms with Crippen LogP contribution in [0, 0.1) is 5.92 Å². The normalized spacial score (nSPS) is 22.0. The van der Waals surface area contributed by atoms with E-state index in [-0.39, 0.29) is 11.9 Å². The SMILES string of the molecule is COC(=O)[C@H]1CCC=C(CN(C)C)C1. The monoisotopic (exact) mass is 197 g/mol. The zero-order valence-electron chi connectivity index (χ0n) is 9.25. The first kappa shape index (κ1) is 11.2. The maximum Gasteiger partial charge on any atom is 0.308 e. The van der Waals surface area contributed by atoms with Crippen LogP contribution in [0.25, 0.3) is 0 Å². The Kier molecular flexibility index (Phi) is 4.14. The second-order valence-corrected chi connectivity index (χ2v) is 4.10. The van der Waals surface area contributed by atoms with E-state index in [1.165, 1.54) is 12.7 Å². The Hall–Kier alpha value is -0.830. The van der Waals surface area contributed by atoms with Crippen molar-refractivity contribution in [3.8, 4) is 0 Å². The van der Waals surface area contributed by atoms with E-state index >= 15 is 0 Å². The van der Waals surface area contributed by atoms with E-state index in [1.54, 1.807) is 0 Å². The molecule has 0 unspecified atom stereocenters. The van der Waals surface area contributed by atoms with E-state index in [0.29, 0.717) is 0 Å². The van der Waals surface area contributed by atoms with Crippen molar-refractivity contribution in [2.45, 2.75) is 19.3 Å². The average Bonchev–Trinajstić information content (AvgIpc) is 2.16. The van der Waals surface area contributed by atoms with Crippen molar-refractivity contribution in [2.24, 2.45) is 5.92 Å². The fourth-order valence-electron chi connectivity index (χ4n) is 1.89. The Morgan fingerprint density at radius 3 is 2.93 bits per heavy atom. The van der Waals surface area contributed by atoms with Gasteiger partial charge >= 0.3 is 5.97 Å². The molecule has 1 rings (SSSR count). The lowest BCUT2D eigenvalue weighted by molar-refractivity contribution is -0.145. The van der Waals surface area contributed by atoms with Crippen LogP contribution in [0.2, 0.25) is 0 Å². The molecule has 3 nitrogen and oxygen atoms in total. The molecule has 1 atom stereocenters. The number of carbonyl (C=O) groups is 1. The van der Waals surface area contributed by atoms with E-state index in [9.17, 15) is 4.79 Å². The van der Waals surface area contributed by atoms with Gasteiger partial charge in [0.2, 0.25) is 0 Å². The van der Waals surface area contributed by atoms with Gasteiger partial charge in [0.25, 0.3) is 0 Å². The predicted octanol–water partition coefficient (Wildman–Crippen LogP) is 1.45. The first-order valence-corrected chi connectivity index (χ1v) is 5.04. The summed E-state index contributed by atoms with van der Waals surface area (Å²) in [6.07, 6.45) is 5.05. The van der Waals surface area contributed by atoms with Gasteiger partial charge in [0.05, 0.1) is 13.0 Å².